The van der Waals surface area contributed by atoms with Crippen LogP contribution < -0.4 is 5.32 Å². The van der Waals surface area contributed by atoms with Gasteiger partial charge in [-0.15, -0.1) is 11.3 Å². The number of hydrogen-bond donors (Lipinski definition) is 2. The monoisotopic (exact) mass is 415 g/mol. The number of carbonyl (C=O) groups is 1. The van der Waals surface area contributed by atoms with Gasteiger partial charge in [-0.3, -0.25) is 4.79 Å². The van der Waals surface area contributed by atoms with Crippen LogP contribution in [0.3, 0.4) is 0 Å². The van der Waals surface area contributed by atoms with Crippen molar-refractivity contribution in [2.75, 3.05) is 0 Å². The fourth-order valence-electron chi connectivity index (χ4n) is 3.62. The Morgan fingerprint density at radius 1 is 1.07 bits per heavy atom. The summed E-state index contributed by atoms with van der Waals surface area (Å²) >= 11 is 1.60. The number of aromatic nitrogens is 2. The molecule has 6 heteroatoms. The fraction of sp³-hybridized carbons (Fsp3) is 0.167. The molecule has 30 heavy (non-hydrogen) atoms. The topological polar surface area (TPSA) is 70.9 Å². The number of thiazole rings is 1. The largest absolute Gasteiger partial charge is 0.457 e. The Balaban J connectivity index is 1.13. The van der Waals surface area contributed by atoms with E-state index in [1.165, 1.54) is 10.9 Å². The van der Waals surface area contributed by atoms with Gasteiger partial charge in [0.1, 0.15) is 5.76 Å². The fourth-order valence-corrected chi connectivity index (χ4v) is 4.54. The van der Waals surface area contributed by atoms with Crippen LogP contribution in [0.4, 0.5) is 0 Å². The predicted molar refractivity (Wildman–Crippen MR) is 120 cm³/mol. The molecule has 0 bridgehead atoms. The minimum atomic E-state index is 0.0350. The highest BCUT2D eigenvalue weighted by atomic mass is 32.1. The summed E-state index contributed by atoms with van der Waals surface area (Å²) in [7, 11) is 0. The van der Waals surface area contributed by atoms with E-state index < -0.39 is 0 Å². The van der Waals surface area contributed by atoms with Gasteiger partial charge in [-0.1, -0.05) is 30.3 Å². The SMILES string of the molecule is O=C(CCCc1c[nH]c2ccccc12)NCc1ccc(-c2nc3ccccc3s2)o1. The summed E-state index contributed by atoms with van der Waals surface area (Å²) in [5.41, 5.74) is 3.36. The molecule has 0 spiro atoms. The molecule has 3 heterocycles. The molecule has 0 fully saturated rings. The van der Waals surface area contributed by atoms with Gasteiger partial charge in [0.05, 0.1) is 16.8 Å². The van der Waals surface area contributed by atoms with Crippen molar-refractivity contribution in [2.45, 2.75) is 25.8 Å². The lowest BCUT2D eigenvalue weighted by atomic mass is 10.1. The number of para-hydroxylation sites is 2. The van der Waals surface area contributed by atoms with Crippen LogP contribution in [-0.2, 0) is 17.8 Å². The predicted octanol–water partition coefficient (Wildman–Crippen LogP) is 5.68. The van der Waals surface area contributed by atoms with Crippen LogP contribution >= 0.6 is 11.3 Å². The molecular weight excluding hydrogens is 394 g/mol. The van der Waals surface area contributed by atoms with Gasteiger partial charge in [-0.25, -0.2) is 4.98 Å². The molecule has 0 aliphatic carbocycles. The van der Waals surface area contributed by atoms with Crippen LogP contribution in [0.1, 0.15) is 24.2 Å². The normalized spacial score (nSPS) is 11.3. The molecule has 2 N–H and O–H groups in total. The highest BCUT2D eigenvalue weighted by molar-refractivity contribution is 7.21. The van der Waals surface area contributed by atoms with Gasteiger partial charge >= 0.3 is 0 Å². The summed E-state index contributed by atoms with van der Waals surface area (Å²) in [5.74, 6) is 1.50. The highest BCUT2D eigenvalue weighted by Gasteiger charge is 2.11. The second-order valence-corrected chi connectivity index (χ2v) is 8.27. The van der Waals surface area contributed by atoms with E-state index in [-0.39, 0.29) is 5.91 Å². The molecule has 2 aromatic carbocycles. The lowest BCUT2D eigenvalue weighted by Crippen LogP contribution is -2.22. The number of nitrogens with one attached hydrogen (secondary N) is 2. The molecular formula is C24H21N3O2S. The van der Waals surface area contributed by atoms with E-state index in [1.54, 1.807) is 11.3 Å². The van der Waals surface area contributed by atoms with E-state index in [0.29, 0.717) is 13.0 Å². The zero-order valence-corrected chi connectivity index (χ0v) is 17.2. The summed E-state index contributed by atoms with van der Waals surface area (Å²) in [6.45, 7) is 0.386. The quantitative estimate of drug-likeness (QED) is 0.359. The number of carbonyl (C=O) groups excluding carboxylic acids is 1. The maximum atomic E-state index is 12.2. The Morgan fingerprint density at radius 3 is 2.87 bits per heavy atom. The van der Waals surface area contributed by atoms with E-state index in [1.807, 2.05) is 48.7 Å². The number of aryl methyl sites for hydroxylation is 1. The molecule has 3 aromatic heterocycles. The summed E-state index contributed by atoms with van der Waals surface area (Å²) in [6, 6.07) is 20.1. The minimum Gasteiger partial charge on any atom is -0.457 e. The number of nitrogens with zero attached hydrogens (tertiary/aromatic N) is 1. The van der Waals surface area contributed by atoms with E-state index in [9.17, 15) is 4.79 Å². The molecule has 0 aliphatic heterocycles. The summed E-state index contributed by atoms with van der Waals surface area (Å²) in [5, 5.41) is 5.04. The Bertz CT molecular complexity index is 1280. The molecule has 0 unspecified atom stereocenters. The molecule has 0 saturated carbocycles. The zero-order valence-electron chi connectivity index (χ0n) is 16.4. The number of aromatic amines is 1. The third-order valence-electron chi connectivity index (χ3n) is 5.15. The maximum Gasteiger partial charge on any atom is 0.220 e. The number of hydrogen-bond acceptors (Lipinski definition) is 4. The Labute approximate surface area is 177 Å². The van der Waals surface area contributed by atoms with Gasteiger partial charge in [0.25, 0.3) is 0 Å². The van der Waals surface area contributed by atoms with Crippen LogP contribution in [0, 0.1) is 0 Å². The third kappa shape index (κ3) is 3.86. The number of amides is 1. The number of H-pyrrole nitrogens is 1. The Hall–Kier alpha value is -3.38. The van der Waals surface area contributed by atoms with Crippen molar-refractivity contribution in [1.29, 1.82) is 0 Å². The van der Waals surface area contributed by atoms with E-state index in [4.69, 9.17) is 4.42 Å². The second-order valence-electron chi connectivity index (χ2n) is 7.24. The van der Waals surface area contributed by atoms with Crippen LogP contribution in [0.5, 0.6) is 0 Å². The summed E-state index contributed by atoms with van der Waals surface area (Å²) in [4.78, 5) is 20.1. The first-order valence-corrected chi connectivity index (χ1v) is 10.8. The first kappa shape index (κ1) is 18.6. The van der Waals surface area contributed by atoms with Crippen LogP contribution in [0.2, 0.25) is 0 Å². The molecule has 5 rings (SSSR count). The summed E-state index contributed by atoms with van der Waals surface area (Å²) < 4.78 is 7.02. The zero-order chi connectivity index (χ0) is 20.3. The highest BCUT2D eigenvalue weighted by Crippen LogP contribution is 2.31. The van der Waals surface area contributed by atoms with Crippen molar-refractivity contribution in [3.05, 3.63) is 78.2 Å². The van der Waals surface area contributed by atoms with Crippen molar-refractivity contribution in [3.63, 3.8) is 0 Å². The molecule has 5 nitrogen and oxygen atoms in total. The summed E-state index contributed by atoms with van der Waals surface area (Å²) in [6.07, 6.45) is 4.21. The van der Waals surface area contributed by atoms with E-state index in [0.717, 1.165) is 45.1 Å². The maximum absolute atomic E-state index is 12.2. The van der Waals surface area contributed by atoms with Crippen molar-refractivity contribution >= 4 is 38.4 Å². The standard InChI is InChI=1S/C24H21N3O2S/c28-23(11-5-6-16-14-25-19-8-2-1-7-18(16)19)26-15-17-12-13-21(29-17)24-27-20-9-3-4-10-22(20)30-24/h1-4,7-10,12-14,25H,5-6,11,15H2,(H,26,28). The van der Waals surface area contributed by atoms with Crippen LogP contribution in [-0.4, -0.2) is 15.9 Å². The number of rotatable bonds is 7. The number of benzene rings is 2. The molecule has 0 atom stereocenters. The first-order valence-electron chi connectivity index (χ1n) is 10.0. The molecule has 0 saturated heterocycles. The van der Waals surface area contributed by atoms with Gasteiger partial charge in [0.15, 0.2) is 10.8 Å². The number of fused-ring (bicyclic) bond motifs is 2. The van der Waals surface area contributed by atoms with E-state index >= 15 is 0 Å². The molecule has 150 valence electrons. The van der Waals surface area contributed by atoms with Gasteiger partial charge in [0.2, 0.25) is 5.91 Å². The lowest BCUT2D eigenvalue weighted by molar-refractivity contribution is -0.121. The van der Waals surface area contributed by atoms with Crippen molar-refractivity contribution in [1.82, 2.24) is 15.3 Å². The average molecular weight is 416 g/mol. The first-order chi connectivity index (χ1) is 14.8. The van der Waals surface area contributed by atoms with E-state index in [2.05, 4.69) is 33.5 Å². The van der Waals surface area contributed by atoms with Crippen molar-refractivity contribution in [3.8, 4) is 10.8 Å². The lowest BCUT2D eigenvalue weighted by Gasteiger charge is -2.03. The van der Waals surface area contributed by atoms with Crippen molar-refractivity contribution < 1.29 is 9.21 Å². The number of furan rings is 1. The van der Waals surface area contributed by atoms with Gasteiger partial charge in [0, 0.05) is 23.5 Å². The second kappa shape index (κ2) is 8.16. The Kier molecular flexibility index (Phi) is 5.07. The van der Waals surface area contributed by atoms with Crippen LogP contribution in [0.15, 0.2) is 71.3 Å². The van der Waals surface area contributed by atoms with Gasteiger partial charge in [-0.05, 0) is 48.7 Å². The molecule has 0 radical (unpaired) electrons. The van der Waals surface area contributed by atoms with Crippen LogP contribution in [0.25, 0.3) is 31.9 Å². The Morgan fingerprint density at radius 2 is 1.93 bits per heavy atom. The minimum absolute atomic E-state index is 0.0350. The smallest absolute Gasteiger partial charge is 0.220 e. The third-order valence-corrected chi connectivity index (χ3v) is 6.20. The van der Waals surface area contributed by atoms with Gasteiger partial charge < -0.3 is 14.7 Å². The molecule has 1 amide bonds. The molecule has 5 aromatic rings. The van der Waals surface area contributed by atoms with Gasteiger partial charge in [-0.2, -0.15) is 0 Å². The molecule has 0 aliphatic rings. The average Bonchev–Trinajstić information content (AvgIpc) is 3.50. The van der Waals surface area contributed by atoms with Crippen molar-refractivity contribution in [2.24, 2.45) is 0 Å².